The maximum absolute atomic E-state index is 11.2. The molecule has 0 saturated heterocycles. The number of oxime groups is 1. The summed E-state index contributed by atoms with van der Waals surface area (Å²) in [4.78, 5) is 10.7. The molecule has 0 aliphatic carbocycles. The molecule has 0 amide bonds. The van der Waals surface area contributed by atoms with Gasteiger partial charge in [-0.2, -0.15) is 0 Å². The van der Waals surface area contributed by atoms with Gasteiger partial charge in [0.2, 0.25) is 0 Å². The molecule has 0 heterocycles. The number of hydrogen-bond acceptors (Lipinski definition) is 4. The van der Waals surface area contributed by atoms with Gasteiger partial charge in [-0.05, 0) is 11.1 Å². The van der Waals surface area contributed by atoms with Crippen LogP contribution in [0.25, 0.3) is 6.08 Å². The zero-order valence-corrected chi connectivity index (χ0v) is 11.2. The van der Waals surface area contributed by atoms with Crippen molar-refractivity contribution < 1.29 is 10.1 Å². The van der Waals surface area contributed by atoms with E-state index in [9.17, 15) is 10.1 Å². The topological polar surface area (TPSA) is 75.7 Å². The fraction of sp³-hybridized carbons (Fsp3) is 0.0625. The van der Waals surface area contributed by atoms with Crippen LogP contribution in [-0.4, -0.2) is 15.8 Å². The molecule has 5 nitrogen and oxygen atoms in total. The molecule has 0 saturated carbocycles. The van der Waals surface area contributed by atoms with E-state index >= 15 is 0 Å². The van der Waals surface area contributed by atoms with Gasteiger partial charge in [-0.3, -0.25) is 10.1 Å². The third-order valence-corrected chi connectivity index (χ3v) is 2.93. The van der Waals surface area contributed by atoms with Crippen LogP contribution in [0.3, 0.4) is 0 Å². The minimum Gasteiger partial charge on any atom is -0.410 e. The van der Waals surface area contributed by atoms with Crippen LogP contribution in [0.15, 0.2) is 71.5 Å². The minimum atomic E-state index is -0.537. The fourth-order valence-electron chi connectivity index (χ4n) is 1.91. The Hall–Kier alpha value is -2.95. The molecule has 0 fully saturated rings. The first-order valence-electron chi connectivity index (χ1n) is 6.37. The van der Waals surface area contributed by atoms with Crippen LogP contribution >= 0.6 is 0 Å². The van der Waals surface area contributed by atoms with Crippen molar-refractivity contribution in [2.24, 2.45) is 5.16 Å². The average molecular weight is 282 g/mol. The highest BCUT2D eigenvalue weighted by molar-refractivity contribution is 6.02. The molecule has 2 aromatic rings. The van der Waals surface area contributed by atoms with Crippen LogP contribution in [0, 0.1) is 10.1 Å². The number of nitrogens with zero attached hydrogens (tertiary/aromatic N) is 2. The van der Waals surface area contributed by atoms with Gasteiger partial charge in [0.15, 0.2) is 5.71 Å². The second-order valence-electron chi connectivity index (χ2n) is 4.41. The van der Waals surface area contributed by atoms with Crippen molar-refractivity contribution in [2.75, 3.05) is 0 Å². The number of hydrogen-bond donors (Lipinski definition) is 1. The van der Waals surface area contributed by atoms with Crippen LogP contribution in [0.2, 0.25) is 0 Å². The van der Waals surface area contributed by atoms with E-state index in [0.29, 0.717) is 5.56 Å². The van der Waals surface area contributed by atoms with Gasteiger partial charge in [0.25, 0.3) is 5.70 Å². The largest absolute Gasteiger partial charge is 0.410 e. The summed E-state index contributed by atoms with van der Waals surface area (Å²) < 4.78 is 0. The Morgan fingerprint density at radius 1 is 1.10 bits per heavy atom. The van der Waals surface area contributed by atoms with E-state index in [1.54, 1.807) is 24.3 Å². The van der Waals surface area contributed by atoms with Crippen LogP contribution < -0.4 is 0 Å². The van der Waals surface area contributed by atoms with Crippen LogP contribution in [0.4, 0.5) is 0 Å². The van der Waals surface area contributed by atoms with Gasteiger partial charge >= 0.3 is 0 Å². The zero-order valence-electron chi connectivity index (χ0n) is 11.2. The normalized spacial score (nSPS) is 12.2. The Morgan fingerprint density at radius 2 is 1.67 bits per heavy atom. The predicted molar refractivity (Wildman–Crippen MR) is 80.8 cm³/mol. The lowest BCUT2D eigenvalue weighted by Gasteiger charge is -2.03. The lowest BCUT2D eigenvalue weighted by atomic mass is 10.0. The summed E-state index contributed by atoms with van der Waals surface area (Å²) in [7, 11) is 0. The van der Waals surface area contributed by atoms with Gasteiger partial charge in [-0.15, -0.1) is 0 Å². The molecule has 0 unspecified atom stereocenters. The fourth-order valence-corrected chi connectivity index (χ4v) is 1.91. The van der Waals surface area contributed by atoms with Crippen LogP contribution in [-0.2, 0) is 6.42 Å². The summed E-state index contributed by atoms with van der Waals surface area (Å²) in [6.45, 7) is 0. The Bertz CT molecular complexity index is 664. The second kappa shape index (κ2) is 7.00. The molecule has 1 N–H and O–H groups in total. The molecular formula is C16H14N2O3. The molecule has 0 aromatic heterocycles. The van der Waals surface area contributed by atoms with E-state index in [-0.39, 0.29) is 17.8 Å². The monoisotopic (exact) mass is 282 g/mol. The van der Waals surface area contributed by atoms with Gasteiger partial charge < -0.3 is 5.21 Å². The molecule has 21 heavy (non-hydrogen) atoms. The average Bonchev–Trinajstić information content (AvgIpc) is 2.52. The predicted octanol–water partition coefficient (Wildman–Crippen LogP) is 3.38. The maximum atomic E-state index is 11.2. The van der Waals surface area contributed by atoms with E-state index < -0.39 is 4.92 Å². The van der Waals surface area contributed by atoms with Crippen molar-refractivity contribution >= 4 is 11.8 Å². The molecule has 0 spiro atoms. The first-order chi connectivity index (χ1) is 10.2. The summed E-state index contributed by atoms with van der Waals surface area (Å²) in [5.74, 6) is 0. The lowest BCUT2D eigenvalue weighted by Crippen LogP contribution is -2.14. The van der Waals surface area contributed by atoms with Crippen molar-refractivity contribution in [3.8, 4) is 0 Å². The number of benzene rings is 2. The molecule has 2 aromatic carbocycles. The molecule has 0 atom stereocenters. The van der Waals surface area contributed by atoms with Crippen molar-refractivity contribution in [2.45, 2.75) is 6.42 Å². The molecular weight excluding hydrogens is 268 g/mol. The molecule has 0 bridgehead atoms. The van der Waals surface area contributed by atoms with Crippen molar-refractivity contribution in [3.05, 3.63) is 87.6 Å². The Morgan fingerprint density at radius 3 is 2.19 bits per heavy atom. The van der Waals surface area contributed by atoms with Crippen LogP contribution in [0.5, 0.6) is 0 Å². The quantitative estimate of drug-likeness (QED) is 0.395. The summed E-state index contributed by atoms with van der Waals surface area (Å²) in [5, 5.41) is 23.5. The van der Waals surface area contributed by atoms with E-state index in [2.05, 4.69) is 5.16 Å². The van der Waals surface area contributed by atoms with Crippen molar-refractivity contribution in [1.29, 1.82) is 0 Å². The summed E-state index contributed by atoms with van der Waals surface area (Å²) in [6, 6.07) is 18.1. The first-order valence-corrected chi connectivity index (χ1v) is 6.37. The minimum absolute atomic E-state index is 0.0232. The highest BCUT2D eigenvalue weighted by atomic mass is 16.6. The van der Waals surface area contributed by atoms with Crippen molar-refractivity contribution in [1.82, 2.24) is 0 Å². The Kier molecular flexibility index (Phi) is 4.82. The highest BCUT2D eigenvalue weighted by Gasteiger charge is 2.20. The van der Waals surface area contributed by atoms with E-state index in [1.165, 1.54) is 6.08 Å². The highest BCUT2D eigenvalue weighted by Crippen LogP contribution is 2.12. The standard InChI is InChI=1S/C16H14N2O3/c19-17-15(11-13-7-3-1-4-8-13)16(18(20)21)12-14-9-5-2-6-10-14/h1-10,12,19H,11H2/b16-12+,17-15+. The molecule has 106 valence electrons. The number of allylic oxidation sites excluding steroid dienone is 1. The Balaban J connectivity index is 2.32. The lowest BCUT2D eigenvalue weighted by molar-refractivity contribution is -0.413. The molecule has 5 heteroatoms. The van der Waals surface area contributed by atoms with Gasteiger partial charge in [-0.1, -0.05) is 65.8 Å². The summed E-state index contributed by atoms with van der Waals surface area (Å²) >= 11 is 0. The van der Waals surface area contributed by atoms with Crippen molar-refractivity contribution in [3.63, 3.8) is 0 Å². The van der Waals surface area contributed by atoms with E-state index in [0.717, 1.165) is 5.56 Å². The van der Waals surface area contributed by atoms with E-state index in [1.807, 2.05) is 36.4 Å². The van der Waals surface area contributed by atoms with Gasteiger partial charge in [0.1, 0.15) is 0 Å². The number of rotatable bonds is 5. The van der Waals surface area contributed by atoms with Gasteiger partial charge in [-0.25, -0.2) is 0 Å². The first kappa shape index (κ1) is 14.5. The molecule has 0 aliphatic rings. The molecule has 2 rings (SSSR count). The maximum Gasteiger partial charge on any atom is 0.295 e. The van der Waals surface area contributed by atoms with Gasteiger partial charge in [0, 0.05) is 12.5 Å². The SMILES string of the molecule is O=[N+]([O-])C(=C/c1ccccc1)/C(Cc1ccccc1)=N/O. The van der Waals surface area contributed by atoms with E-state index in [4.69, 9.17) is 5.21 Å². The Labute approximate surface area is 122 Å². The zero-order chi connectivity index (χ0) is 15.1. The van der Waals surface area contributed by atoms with Gasteiger partial charge in [0.05, 0.1) is 4.92 Å². The number of nitro groups is 1. The van der Waals surface area contributed by atoms with Crippen LogP contribution in [0.1, 0.15) is 11.1 Å². The third-order valence-electron chi connectivity index (χ3n) is 2.93. The molecule has 0 aliphatic heterocycles. The summed E-state index contributed by atoms with van der Waals surface area (Å²) in [6.07, 6.45) is 1.59. The third kappa shape index (κ3) is 4.01. The second-order valence-corrected chi connectivity index (χ2v) is 4.41. The smallest absolute Gasteiger partial charge is 0.295 e. The summed E-state index contributed by atoms with van der Waals surface area (Å²) in [5.41, 5.74) is 1.33. The molecule has 0 radical (unpaired) electrons.